The molecule has 1 rings (SSSR count). The molecule has 1 aliphatic heterocycles. The number of rotatable bonds is 13. The molecule has 1 aliphatic rings. The van der Waals surface area contributed by atoms with E-state index in [4.69, 9.17) is 18.9 Å². The second-order valence-electron chi connectivity index (χ2n) is 7.95. The third-order valence-corrected chi connectivity index (χ3v) is 5.69. The van der Waals surface area contributed by atoms with Crippen LogP contribution < -0.4 is 5.32 Å². The van der Waals surface area contributed by atoms with Crippen molar-refractivity contribution in [1.82, 2.24) is 10.2 Å². The van der Waals surface area contributed by atoms with Crippen LogP contribution in [0.25, 0.3) is 0 Å². The van der Waals surface area contributed by atoms with Gasteiger partial charge in [-0.3, -0.25) is 14.5 Å². The highest BCUT2D eigenvalue weighted by Crippen LogP contribution is 2.31. The van der Waals surface area contributed by atoms with Crippen molar-refractivity contribution >= 4 is 41.1 Å². The van der Waals surface area contributed by atoms with Crippen LogP contribution in [0.3, 0.4) is 0 Å². The van der Waals surface area contributed by atoms with Crippen LogP contribution >= 0.6 is 11.8 Å². The Balaban J connectivity index is 2.64. The highest BCUT2D eigenvalue weighted by atomic mass is 32.2. The topological polar surface area (TPSA) is 156 Å². The second kappa shape index (κ2) is 16.2. The second-order valence-corrected chi connectivity index (χ2v) is 9.53. The summed E-state index contributed by atoms with van der Waals surface area (Å²) in [5.74, 6) is -2.07. The number of hydrogen-bond acceptors (Lipinski definition) is 13. The SMILES string of the molecule is CC(=O)OCOC(=O)N[C@@H](C(=O)OCCCCN1CCOCC1)C(C)(C)SC(=O)OCOC(C)=O. The van der Waals surface area contributed by atoms with Crippen LogP contribution in [0.5, 0.6) is 0 Å². The average molecular weight is 523 g/mol. The lowest BCUT2D eigenvalue weighted by Gasteiger charge is -2.31. The molecule has 0 aromatic heterocycles. The molecule has 1 saturated heterocycles. The minimum Gasteiger partial charge on any atom is -0.464 e. The van der Waals surface area contributed by atoms with Crippen LogP contribution in [0.2, 0.25) is 0 Å². The summed E-state index contributed by atoms with van der Waals surface area (Å²) in [6.07, 6.45) is 0.351. The van der Waals surface area contributed by atoms with E-state index in [9.17, 15) is 24.0 Å². The van der Waals surface area contributed by atoms with Gasteiger partial charge >= 0.3 is 29.3 Å². The van der Waals surface area contributed by atoms with E-state index >= 15 is 0 Å². The van der Waals surface area contributed by atoms with Crippen molar-refractivity contribution in [1.29, 1.82) is 0 Å². The molecule has 0 spiro atoms. The molecule has 1 atom stereocenters. The standard InChI is InChI=1S/C21H34N2O11S/c1-15(24)31-13-33-19(27)22-17(21(3,4)35-20(28)34-14-32-16(2)25)18(26)30-10-6-5-7-23-8-11-29-12-9-23/h17H,5-14H2,1-4H3,(H,22,27)/t17-/m0/s1. The van der Waals surface area contributed by atoms with Crippen molar-refractivity contribution in [2.24, 2.45) is 0 Å². The summed E-state index contributed by atoms with van der Waals surface area (Å²) >= 11 is 0.596. The van der Waals surface area contributed by atoms with Gasteiger partial charge in [-0.25, -0.2) is 14.4 Å². The number of thioether (sulfide) groups is 1. The predicted octanol–water partition coefficient (Wildman–Crippen LogP) is 1.43. The number of ether oxygens (including phenoxy) is 6. The van der Waals surface area contributed by atoms with Crippen molar-refractivity contribution < 1.29 is 52.4 Å². The van der Waals surface area contributed by atoms with Crippen molar-refractivity contribution in [2.75, 3.05) is 53.0 Å². The molecule has 35 heavy (non-hydrogen) atoms. The molecule has 0 radical (unpaired) electrons. The number of nitrogens with zero attached hydrogens (tertiary/aromatic N) is 1. The first-order chi connectivity index (χ1) is 16.5. The molecular weight excluding hydrogens is 488 g/mol. The van der Waals surface area contributed by atoms with Crippen molar-refractivity contribution in [3.05, 3.63) is 0 Å². The zero-order valence-corrected chi connectivity index (χ0v) is 21.3. The fourth-order valence-corrected chi connectivity index (χ4v) is 3.63. The Hall–Kier alpha value is -2.58. The van der Waals surface area contributed by atoms with E-state index in [-0.39, 0.29) is 6.61 Å². The molecule has 1 N–H and O–H groups in total. The van der Waals surface area contributed by atoms with E-state index in [2.05, 4.69) is 19.7 Å². The molecule has 1 heterocycles. The smallest absolute Gasteiger partial charge is 0.410 e. The summed E-state index contributed by atoms with van der Waals surface area (Å²) in [6, 6.07) is -1.32. The van der Waals surface area contributed by atoms with Gasteiger partial charge in [0.2, 0.25) is 13.6 Å². The van der Waals surface area contributed by atoms with E-state index in [1.807, 2.05) is 0 Å². The summed E-state index contributed by atoms with van der Waals surface area (Å²) in [5.41, 5.74) is 0. The Morgan fingerprint density at radius 2 is 1.51 bits per heavy atom. The zero-order valence-electron chi connectivity index (χ0n) is 20.5. The summed E-state index contributed by atoms with van der Waals surface area (Å²) in [5, 5.41) is 1.50. The molecule has 1 fully saturated rings. The first-order valence-electron chi connectivity index (χ1n) is 11.0. The Morgan fingerprint density at radius 3 is 2.11 bits per heavy atom. The van der Waals surface area contributed by atoms with Gasteiger partial charge < -0.3 is 33.7 Å². The Labute approximate surface area is 208 Å². The summed E-state index contributed by atoms with van der Waals surface area (Å²) in [6.45, 7) is 8.17. The van der Waals surface area contributed by atoms with E-state index in [0.717, 1.165) is 39.9 Å². The van der Waals surface area contributed by atoms with Crippen LogP contribution in [0.4, 0.5) is 9.59 Å². The van der Waals surface area contributed by atoms with E-state index in [1.54, 1.807) is 0 Å². The van der Waals surface area contributed by atoms with Crippen LogP contribution in [0.1, 0.15) is 40.5 Å². The molecular formula is C21H34N2O11S. The predicted molar refractivity (Wildman–Crippen MR) is 122 cm³/mol. The number of morpholine rings is 1. The number of carbonyl (C=O) groups is 5. The zero-order chi connectivity index (χ0) is 26.3. The molecule has 0 aliphatic carbocycles. The lowest BCUT2D eigenvalue weighted by molar-refractivity contribution is -0.151. The fourth-order valence-electron chi connectivity index (χ4n) is 2.82. The average Bonchev–Trinajstić information content (AvgIpc) is 2.76. The van der Waals surface area contributed by atoms with Crippen molar-refractivity contribution in [3.63, 3.8) is 0 Å². The third-order valence-electron chi connectivity index (χ3n) is 4.65. The largest absolute Gasteiger partial charge is 0.464 e. The van der Waals surface area contributed by atoms with Crippen LogP contribution in [0, 0.1) is 0 Å². The highest BCUT2D eigenvalue weighted by molar-refractivity contribution is 8.14. The van der Waals surface area contributed by atoms with Gasteiger partial charge in [-0.15, -0.1) is 0 Å². The highest BCUT2D eigenvalue weighted by Gasteiger charge is 2.41. The van der Waals surface area contributed by atoms with Crippen molar-refractivity contribution in [3.8, 4) is 0 Å². The number of carbonyl (C=O) groups excluding carboxylic acids is 5. The molecule has 0 unspecified atom stereocenters. The molecule has 1 amide bonds. The fraction of sp³-hybridized carbons (Fsp3) is 0.762. The number of hydrogen-bond donors (Lipinski definition) is 1. The van der Waals surface area contributed by atoms with Crippen LogP contribution in [0.15, 0.2) is 0 Å². The lowest BCUT2D eigenvalue weighted by Crippen LogP contribution is -2.54. The maximum atomic E-state index is 12.8. The molecule has 0 aromatic carbocycles. The summed E-state index contributed by atoms with van der Waals surface area (Å²) in [7, 11) is 0. The molecule has 0 aromatic rings. The monoisotopic (exact) mass is 522 g/mol. The number of esters is 3. The van der Waals surface area contributed by atoms with Crippen LogP contribution in [-0.2, 0) is 42.8 Å². The molecule has 14 heteroatoms. The number of nitrogens with one attached hydrogen (secondary N) is 1. The Bertz CT molecular complexity index is 726. The first-order valence-corrected chi connectivity index (χ1v) is 11.9. The molecule has 0 bridgehead atoms. The first kappa shape index (κ1) is 30.5. The van der Waals surface area contributed by atoms with Gasteiger partial charge in [0.05, 0.1) is 24.6 Å². The van der Waals surface area contributed by atoms with E-state index in [0.29, 0.717) is 31.4 Å². The molecule has 13 nitrogen and oxygen atoms in total. The summed E-state index contributed by atoms with van der Waals surface area (Å²) in [4.78, 5) is 61.0. The molecule has 0 saturated carbocycles. The number of amides is 1. The van der Waals surface area contributed by atoms with Gasteiger partial charge in [-0.05, 0) is 45.0 Å². The van der Waals surface area contributed by atoms with Gasteiger partial charge in [-0.2, -0.15) is 0 Å². The maximum absolute atomic E-state index is 12.8. The number of unbranched alkanes of at least 4 members (excludes halogenated alkanes) is 1. The Kier molecular flexibility index (Phi) is 14.1. The van der Waals surface area contributed by atoms with Gasteiger partial charge in [-0.1, -0.05) is 0 Å². The number of alkyl carbamates (subject to hydrolysis) is 1. The van der Waals surface area contributed by atoms with Gasteiger partial charge in [0, 0.05) is 26.9 Å². The van der Waals surface area contributed by atoms with E-state index < -0.39 is 53.7 Å². The maximum Gasteiger partial charge on any atom is 0.410 e. The minimum atomic E-state index is -1.32. The third kappa shape index (κ3) is 13.8. The van der Waals surface area contributed by atoms with Crippen LogP contribution in [-0.4, -0.2) is 98.0 Å². The van der Waals surface area contributed by atoms with Crippen molar-refractivity contribution in [2.45, 2.75) is 51.3 Å². The lowest BCUT2D eigenvalue weighted by atomic mass is 10.0. The molecule has 200 valence electrons. The Morgan fingerprint density at radius 1 is 0.914 bits per heavy atom. The minimum absolute atomic E-state index is 0.113. The normalized spacial score (nSPS) is 14.9. The summed E-state index contributed by atoms with van der Waals surface area (Å²) < 4.78 is 28.0. The quantitative estimate of drug-likeness (QED) is 0.160. The van der Waals surface area contributed by atoms with E-state index in [1.165, 1.54) is 13.8 Å². The van der Waals surface area contributed by atoms with Gasteiger partial charge in [0.15, 0.2) is 0 Å². The van der Waals surface area contributed by atoms with Gasteiger partial charge in [0.1, 0.15) is 6.04 Å². The van der Waals surface area contributed by atoms with Gasteiger partial charge in [0.25, 0.3) is 0 Å².